The van der Waals surface area contributed by atoms with Crippen molar-refractivity contribution in [2.24, 2.45) is 4.99 Å². The van der Waals surface area contributed by atoms with Gasteiger partial charge in [-0.25, -0.2) is 0 Å². The van der Waals surface area contributed by atoms with Crippen LogP contribution in [-0.2, 0) is 6.61 Å². The van der Waals surface area contributed by atoms with Gasteiger partial charge in [-0.3, -0.25) is 9.79 Å². The first-order valence-electron chi connectivity index (χ1n) is 11.2. The molecule has 0 aliphatic rings. The topological polar surface area (TPSA) is 59.9 Å². The van der Waals surface area contributed by atoms with Gasteiger partial charge in [-0.2, -0.15) is 0 Å². The lowest BCUT2D eigenvalue weighted by molar-refractivity contribution is 0.102. The fraction of sp³-hybridized carbons (Fsp3) is 0.103. The number of ether oxygens (including phenoxy) is 2. The summed E-state index contributed by atoms with van der Waals surface area (Å²) in [5.74, 6) is 1.23. The molecular formula is C29H26N2O3. The van der Waals surface area contributed by atoms with Crippen LogP contribution in [0.2, 0.25) is 0 Å². The molecule has 0 aromatic heterocycles. The molecule has 0 heterocycles. The lowest BCUT2D eigenvalue weighted by atomic mass is 10.2. The highest BCUT2D eigenvalue weighted by Gasteiger charge is 2.07. The molecule has 170 valence electrons. The molecule has 4 aromatic carbocycles. The Bertz CT molecular complexity index is 1240. The van der Waals surface area contributed by atoms with E-state index in [4.69, 9.17) is 9.47 Å². The molecule has 0 unspecified atom stereocenters. The van der Waals surface area contributed by atoms with E-state index in [1.807, 2.05) is 97.9 Å². The van der Waals surface area contributed by atoms with E-state index in [1.165, 1.54) is 0 Å². The summed E-state index contributed by atoms with van der Waals surface area (Å²) in [6.07, 6.45) is 1.78. The fourth-order valence-electron chi connectivity index (χ4n) is 3.30. The third-order valence-corrected chi connectivity index (χ3v) is 5.03. The van der Waals surface area contributed by atoms with Gasteiger partial charge in [0, 0.05) is 17.5 Å². The van der Waals surface area contributed by atoms with Crippen molar-refractivity contribution in [2.75, 3.05) is 11.9 Å². The lowest BCUT2D eigenvalue weighted by Crippen LogP contribution is -2.11. The number of carbonyl (C=O) groups excluding carboxylic acids is 1. The fourth-order valence-corrected chi connectivity index (χ4v) is 3.30. The maximum Gasteiger partial charge on any atom is 0.255 e. The molecule has 5 nitrogen and oxygen atoms in total. The van der Waals surface area contributed by atoms with Crippen molar-refractivity contribution in [2.45, 2.75) is 13.5 Å². The Morgan fingerprint density at radius 1 is 0.824 bits per heavy atom. The van der Waals surface area contributed by atoms with Crippen molar-refractivity contribution < 1.29 is 14.3 Å². The van der Waals surface area contributed by atoms with Gasteiger partial charge in [0.15, 0.2) is 11.5 Å². The van der Waals surface area contributed by atoms with Gasteiger partial charge in [-0.15, -0.1) is 0 Å². The van der Waals surface area contributed by atoms with E-state index < -0.39 is 0 Å². The van der Waals surface area contributed by atoms with Crippen LogP contribution < -0.4 is 14.8 Å². The van der Waals surface area contributed by atoms with Crippen LogP contribution >= 0.6 is 0 Å². The number of amides is 1. The first-order valence-corrected chi connectivity index (χ1v) is 11.2. The molecule has 0 fully saturated rings. The highest BCUT2D eigenvalue weighted by Crippen LogP contribution is 2.29. The van der Waals surface area contributed by atoms with Gasteiger partial charge in [0.05, 0.1) is 12.3 Å². The largest absolute Gasteiger partial charge is 0.490 e. The van der Waals surface area contributed by atoms with Gasteiger partial charge in [0.25, 0.3) is 5.91 Å². The first kappa shape index (κ1) is 22.8. The maximum absolute atomic E-state index is 12.3. The average Bonchev–Trinajstić information content (AvgIpc) is 2.89. The molecule has 0 aliphatic carbocycles. The summed E-state index contributed by atoms with van der Waals surface area (Å²) < 4.78 is 11.7. The monoisotopic (exact) mass is 450 g/mol. The number of benzene rings is 4. The van der Waals surface area contributed by atoms with Crippen LogP contribution in [-0.4, -0.2) is 18.7 Å². The Morgan fingerprint density at radius 3 is 2.24 bits per heavy atom. The minimum absolute atomic E-state index is 0.144. The normalized spacial score (nSPS) is 10.7. The van der Waals surface area contributed by atoms with E-state index in [1.54, 1.807) is 18.3 Å². The highest BCUT2D eigenvalue weighted by atomic mass is 16.5. The molecule has 0 saturated heterocycles. The number of anilines is 1. The minimum atomic E-state index is -0.144. The third kappa shape index (κ3) is 6.33. The average molecular weight is 451 g/mol. The second-order valence-corrected chi connectivity index (χ2v) is 7.54. The van der Waals surface area contributed by atoms with E-state index in [0.717, 1.165) is 16.8 Å². The lowest BCUT2D eigenvalue weighted by Gasteiger charge is -2.12. The number of nitrogens with one attached hydrogen (secondary N) is 1. The van der Waals surface area contributed by atoms with Crippen molar-refractivity contribution in [1.29, 1.82) is 0 Å². The van der Waals surface area contributed by atoms with Crippen LogP contribution in [0, 0.1) is 0 Å². The van der Waals surface area contributed by atoms with Crippen molar-refractivity contribution in [1.82, 2.24) is 0 Å². The summed E-state index contributed by atoms with van der Waals surface area (Å²) in [6.45, 7) is 2.96. The standard InChI is InChI=1S/C29H26N2O3/c1-2-33-28-19-23(13-18-27(28)34-21-22-9-5-3-6-10-22)20-30-25-14-16-26(17-15-25)31-29(32)24-11-7-4-8-12-24/h3-20H,2,21H2,1H3,(H,31,32). The van der Waals surface area contributed by atoms with Gasteiger partial charge < -0.3 is 14.8 Å². The Balaban J connectivity index is 1.40. The number of carbonyl (C=O) groups is 1. The Morgan fingerprint density at radius 2 is 1.53 bits per heavy atom. The zero-order valence-corrected chi connectivity index (χ0v) is 19.0. The summed E-state index contributed by atoms with van der Waals surface area (Å²) in [5, 5.41) is 2.89. The van der Waals surface area contributed by atoms with Crippen molar-refractivity contribution in [3.05, 3.63) is 120 Å². The molecule has 4 aromatic rings. The van der Waals surface area contributed by atoms with Gasteiger partial charge in [0.2, 0.25) is 0 Å². The van der Waals surface area contributed by atoms with E-state index in [0.29, 0.717) is 36.0 Å². The number of aliphatic imine (C=N–C) groups is 1. The van der Waals surface area contributed by atoms with Gasteiger partial charge >= 0.3 is 0 Å². The summed E-state index contributed by atoms with van der Waals surface area (Å²) >= 11 is 0. The van der Waals surface area contributed by atoms with Crippen LogP contribution in [0.5, 0.6) is 11.5 Å². The predicted octanol–water partition coefficient (Wildman–Crippen LogP) is 6.67. The van der Waals surface area contributed by atoms with Crippen LogP contribution in [0.4, 0.5) is 11.4 Å². The molecule has 0 radical (unpaired) electrons. The zero-order valence-electron chi connectivity index (χ0n) is 19.0. The van der Waals surface area contributed by atoms with E-state index >= 15 is 0 Å². The second kappa shape index (κ2) is 11.5. The summed E-state index contributed by atoms with van der Waals surface area (Å²) in [5.41, 5.74) is 4.10. The van der Waals surface area contributed by atoms with E-state index in [2.05, 4.69) is 10.3 Å². The van der Waals surface area contributed by atoms with Crippen LogP contribution in [0.1, 0.15) is 28.4 Å². The molecule has 0 spiro atoms. The van der Waals surface area contributed by atoms with Gasteiger partial charge in [-0.05, 0) is 72.6 Å². The minimum Gasteiger partial charge on any atom is -0.490 e. The smallest absolute Gasteiger partial charge is 0.255 e. The molecule has 0 aliphatic heterocycles. The quantitative estimate of drug-likeness (QED) is 0.290. The van der Waals surface area contributed by atoms with Gasteiger partial charge in [-0.1, -0.05) is 48.5 Å². The van der Waals surface area contributed by atoms with E-state index in [-0.39, 0.29) is 5.91 Å². The Hall–Kier alpha value is -4.38. The van der Waals surface area contributed by atoms with Crippen LogP contribution in [0.25, 0.3) is 0 Å². The zero-order chi connectivity index (χ0) is 23.6. The molecule has 1 N–H and O–H groups in total. The summed E-state index contributed by atoms with van der Waals surface area (Å²) in [7, 11) is 0. The van der Waals surface area contributed by atoms with Crippen molar-refractivity contribution >= 4 is 23.5 Å². The number of rotatable bonds is 9. The number of nitrogens with zero attached hydrogens (tertiary/aromatic N) is 1. The summed E-state index contributed by atoms with van der Waals surface area (Å²) in [6, 6.07) is 32.3. The molecule has 0 bridgehead atoms. The Labute approximate surface area is 199 Å². The predicted molar refractivity (Wildman–Crippen MR) is 136 cm³/mol. The molecule has 1 amide bonds. The molecule has 34 heavy (non-hydrogen) atoms. The molecule has 0 atom stereocenters. The van der Waals surface area contributed by atoms with Crippen LogP contribution in [0.15, 0.2) is 108 Å². The summed E-state index contributed by atoms with van der Waals surface area (Å²) in [4.78, 5) is 16.8. The highest BCUT2D eigenvalue weighted by molar-refractivity contribution is 6.04. The molecule has 5 heteroatoms. The molecular weight excluding hydrogens is 424 g/mol. The van der Waals surface area contributed by atoms with Gasteiger partial charge in [0.1, 0.15) is 6.61 Å². The number of hydrogen-bond donors (Lipinski definition) is 1. The van der Waals surface area contributed by atoms with Crippen LogP contribution in [0.3, 0.4) is 0 Å². The second-order valence-electron chi connectivity index (χ2n) is 7.54. The first-order chi connectivity index (χ1) is 16.7. The Kier molecular flexibility index (Phi) is 7.70. The number of hydrogen-bond acceptors (Lipinski definition) is 4. The third-order valence-electron chi connectivity index (χ3n) is 5.03. The van der Waals surface area contributed by atoms with Crippen molar-refractivity contribution in [3.8, 4) is 11.5 Å². The molecule has 0 saturated carbocycles. The van der Waals surface area contributed by atoms with E-state index in [9.17, 15) is 4.79 Å². The maximum atomic E-state index is 12.3. The molecule has 4 rings (SSSR count). The van der Waals surface area contributed by atoms with Crippen molar-refractivity contribution in [3.63, 3.8) is 0 Å². The SMILES string of the molecule is CCOc1cc(C=Nc2ccc(NC(=O)c3ccccc3)cc2)ccc1OCc1ccccc1.